The van der Waals surface area contributed by atoms with Crippen molar-refractivity contribution in [2.45, 2.75) is 4.90 Å². The van der Waals surface area contributed by atoms with E-state index in [4.69, 9.17) is 9.47 Å². The maximum Gasteiger partial charge on any atom is 0.245 e. The second-order valence-electron chi connectivity index (χ2n) is 6.56. The molecular formula is C21H21N3O4S. The lowest BCUT2D eigenvalue weighted by atomic mass is 10.1. The van der Waals surface area contributed by atoms with E-state index in [-0.39, 0.29) is 4.90 Å². The summed E-state index contributed by atoms with van der Waals surface area (Å²) in [6, 6.07) is 14.5. The van der Waals surface area contributed by atoms with Crippen LogP contribution in [0.25, 0.3) is 10.9 Å². The van der Waals surface area contributed by atoms with Crippen LogP contribution in [0, 0.1) is 0 Å². The molecule has 4 rings (SSSR count). The van der Waals surface area contributed by atoms with Crippen LogP contribution in [0.5, 0.6) is 5.75 Å². The van der Waals surface area contributed by atoms with Gasteiger partial charge in [-0.3, -0.25) is 9.98 Å². The van der Waals surface area contributed by atoms with Crippen molar-refractivity contribution in [1.82, 2.24) is 9.29 Å². The SMILES string of the molecule is COc1ccc(N=Cc2ccc3ncccc3c2)c(S(=O)(=O)N2CCOCC2)c1. The molecule has 1 aliphatic rings. The van der Waals surface area contributed by atoms with Crippen LogP contribution in [-0.4, -0.2) is 57.3 Å². The summed E-state index contributed by atoms with van der Waals surface area (Å²) < 4.78 is 38.3. The number of hydrogen-bond donors (Lipinski definition) is 0. The third-order valence-electron chi connectivity index (χ3n) is 4.73. The average Bonchev–Trinajstić information content (AvgIpc) is 2.78. The van der Waals surface area contributed by atoms with E-state index < -0.39 is 10.0 Å². The molecule has 0 spiro atoms. The lowest BCUT2D eigenvalue weighted by Crippen LogP contribution is -2.40. The Kier molecular flexibility index (Phi) is 5.57. The maximum absolute atomic E-state index is 13.2. The number of rotatable bonds is 5. The van der Waals surface area contributed by atoms with Crippen LogP contribution in [-0.2, 0) is 14.8 Å². The second kappa shape index (κ2) is 8.28. The van der Waals surface area contributed by atoms with Gasteiger partial charge < -0.3 is 9.47 Å². The quantitative estimate of drug-likeness (QED) is 0.603. The number of nitrogens with zero attached hydrogens (tertiary/aromatic N) is 3. The number of benzene rings is 2. The molecule has 1 aromatic heterocycles. The van der Waals surface area contributed by atoms with Gasteiger partial charge in [0.15, 0.2) is 0 Å². The molecule has 8 heteroatoms. The molecule has 0 unspecified atom stereocenters. The van der Waals surface area contributed by atoms with Gasteiger partial charge in [0.1, 0.15) is 10.6 Å². The summed E-state index contributed by atoms with van der Waals surface area (Å²) in [5, 5.41) is 0.993. The number of sulfonamides is 1. The summed E-state index contributed by atoms with van der Waals surface area (Å²) in [5.74, 6) is 0.465. The zero-order chi connectivity index (χ0) is 20.3. The first-order valence-electron chi connectivity index (χ1n) is 9.23. The highest BCUT2D eigenvalue weighted by Crippen LogP contribution is 2.31. The van der Waals surface area contributed by atoms with E-state index in [1.165, 1.54) is 17.5 Å². The van der Waals surface area contributed by atoms with Crippen LogP contribution >= 0.6 is 0 Å². The van der Waals surface area contributed by atoms with Gasteiger partial charge in [-0.15, -0.1) is 0 Å². The highest BCUT2D eigenvalue weighted by Gasteiger charge is 2.29. The van der Waals surface area contributed by atoms with E-state index in [0.717, 1.165) is 16.5 Å². The summed E-state index contributed by atoms with van der Waals surface area (Å²) in [7, 11) is -2.21. The summed E-state index contributed by atoms with van der Waals surface area (Å²) in [5.41, 5.74) is 2.12. The van der Waals surface area contributed by atoms with Crippen molar-refractivity contribution < 1.29 is 17.9 Å². The zero-order valence-corrected chi connectivity index (χ0v) is 16.8. The van der Waals surface area contributed by atoms with E-state index in [9.17, 15) is 8.42 Å². The average molecular weight is 411 g/mol. The molecule has 0 saturated carbocycles. The van der Waals surface area contributed by atoms with E-state index in [1.54, 1.807) is 24.5 Å². The van der Waals surface area contributed by atoms with Crippen molar-refractivity contribution in [3.8, 4) is 5.75 Å². The van der Waals surface area contributed by atoms with Gasteiger partial charge in [-0.1, -0.05) is 12.1 Å². The van der Waals surface area contributed by atoms with Crippen molar-refractivity contribution in [2.24, 2.45) is 4.99 Å². The van der Waals surface area contributed by atoms with Crippen LogP contribution in [0.15, 0.2) is 64.6 Å². The number of pyridine rings is 1. The lowest BCUT2D eigenvalue weighted by molar-refractivity contribution is 0.0730. The number of aromatic nitrogens is 1. The minimum atomic E-state index is -3.71. The molecule has 0 bridgehead atoms. The lowest BCUT2D eigenvalue weighted by Gasteiger charge is -2.26. The van der Waals surface area contributed by atoms with Crippen molar-refractivity contribution >= 4 is 32.8 Å². The fourth-order valence-corrected chi connectivity index (χ4v) is 4.74. The molecule has 3 aromatic rings. The normalized spacial score (nSPS) is 15.8. The molecule has 0 radical (unpaired) electrons. The summed E-state index contributed by atoms with van der Waals surface area (Å²) in [6.07, 6.45) is 3.41. The van der Waals surface area contributed by atoms with Gasteiger partial charge in [0.25, 0.3) is 0 Å². The molecular weight excluding hydrogens is 390 g/mol. The number of fused-ring (bicyclic) bond motifs is 1. The number of morpholine rings is 1. The number of hydrogen-bond acceptors (Lipinski definition) is 6. The first kappa shape index (κ1) is 19.5. The standard InChI is InChI=1S/C21H21N3O4S/c1-27-18-5-7-20(21(14-18)29(25,26)24-9-11-28-12-10-24)23-15-16-4-6-19-17(13-16)3-2-8-22-19/h2-8,13-15H,9-12H2,1H3. The van der Waals surface area contributed by atoms with Crippen LogP contribution in [0.4, 0.5) is 5.69 Å². The summed E-state index contributed by atoms with van der Waals surface area (Å²) in [6.45, 7) is 1.40. The first-order valence-corrected chi connectivity index (χ1v) is 10.7. The van der Waals surface area contributed by atoms with Crippen LogP contribution < -0.4 is 4.74 Å². The van der Waals surface area contributed by atoms with Gasteiger partial charge in [-0.2, -0.15) is 4.31 Å². The molecule has 7 nitrogen and oxygen atoms in total. The van der Waals surface area contributed by atoms with Gasteiger partial charge in [0.05, 0.1) is 31.5 Å². The minimum absolute atomic E-state index is 0.123. The van der Waals surface area contributed by atoms with E-state index >= 15 is 0 Å². The zero-order valence-electron chi connectivity index (χ0n) is 16.0. The monoisotopic (exact) mass is 411 g/mol. The Balaban J connectivity index is 1.71. The third kappa shape index (κ3) is 4.14. The molecule has 0 aliphatic carbocycles. The Hall–Kier alpha value is -2.81. The number of ether oxygens (including phenoxy) is 2. The molecule has 1 saturated heterocycles. The molecule has 0 amide bonds. The summed E-state index contributed by atoms with van der Waals surface area (Å²) in [4.78, 5) is 8.91. The molecule has 2 heterocycles. The van der Waals surface area contributed by atoms with Crippen LogP contribution in [0.2, 0.25) is 0 Å². The van der Waals surface area contributed by atoms with Gasteiger partial charge in [0.2, 0.25) is 10.0 Å². The topological polar surface area (TPSA) is 81.1 Å². The molecule has 1 aliphatic heterocycles. The highest BCUT2D eigenvalue weighted by atomic mass is 32.2. The van der Waals surface area contributed by atoms with Gasteiger partial charge in [-0.25, -0.2) is 8.42 Å². The predicted octanol–water partition coefficient (Wildman–Crippen LogP) is 3.01. The summed E-state index contributed by atoms with van der Waals surface area (Å²) >= 11 is 0. The number of methoxy groups -OCH3 is 1. The van der Waals surface area contributed by atoms with Crippen molar-refractivity contribution in [2.75, 3.05) is 33.4 Å². The third-order valence-corrected chi connectivity index (χ3v) is 6.66. The Morgan fingerprint density at radius 2 is 1.97 bits per heavy atom. The van der Waals surface area contributed by atoms with Gasteiger partial charge in [-0.05, 0) is 35.9 Å². The van der Waals surface area contributed by atoms with Crippen LogP contribution in [0.3, 0.4) is 0 Å². The maximum atomic E-state index is 13.2. The molecule has 150 valence electrons. The Bertz CT molecular complexity index is 1160. The molecule has 29 heavy (non-hydrogen) atoms. The Morgan fingerprint density at radius 3 is 2.76 bits per heavy atom. The first-order chi connectivity index (χ1) is 14.1. The van der Waals surface area contributed by atoms with E-state index in [1.807, 2.05) is 30.3 Å². The molecule has 2 aromatic carbocycles. The van der Waals surface area contributed by atoms with Crippen molar-refractivity contribution in [1.29, 1.82) is 0 Å². The van der Waals surface area contributed by atoms with Crippen molar-refractivity contribution in [3.05, 3.63) is 60.3 Å². The van der Waals surface area contributed by atoms with E-state index in [2.05, 4.69) is 9.98 Å². The van der Waals surface area contributed by atoms with Crippen LogP contribution in [0.1, 0.15) is 5.56 Å². The van der Waals surface area contributed by atoms with E-state index in [0.29, 0.717) is 37.7 Å². The molecule has 0 N–H and O–H groups in total. The van der Waals surface area contributed by atoms with Gasteiger partial charge >= 0.3 is 0 Å². The van der Waals surface area contributed by atoms with Crippen molar-refractivity contribution in [3.63, 3.8) is 0 Å². The predicted molar refractivity (Wildman–Crippen MR) is 112 cm³/mol. The highest BCUT2D eigenvalue weighted by molar-refractivity contribution is 7.89. The Morgan fingerprint density at radius 1 is 1.14 bits per heavy atom. The Labute approximate surface area is 169 Å². The molecule has 1 fully saturated rings. The fraction of sp³-hybridized carbons (Fsp3) is 0.238. The smallest absolute Gasteiger partial charge is 0.245 e. The molecule has 0 atom stereocenters. The fourth-order valence-electron chi connectivity index (χ4n) is 3.18. The number of aliphatic imine (C=N–C) groups is 1. The van der Waals surface area contributed by atoms with Gasteiger partial charge in [0, 0.05) is 37.0 Å². The second-order valence-corrected chi connectivity index (χ2v) is 8.47. The minimum Gasteiger partial charge on any atom is -0.497 e. The largest absolute Gasteiger partial charge is 0.497 e.